The molecule has 128 valence electrons. The molecule has 0 saturated heterocycles. The van der Waals surface area contributed by atoms with Gasteiger partial charge < -0.3 is 4.90 Å². The zero-order valence-electron chi connectivity index (χ0n) is 14.2. The summed E-state index contributed by atoms with van der Waals surface area (Å²) in [4.78, 5) is 15.0. The number of carbonyl (C=O) groups excluding carboxylic acids is 1. The lowest BCUT2D eigenvalue weighted by molar-refractivity contribution is 0.0730. The summed E-state index contributed by atoms with van der Waals surface area (Å²) in [6.07, 6.45) is 0. The highest BCUT2D eigenvalue weighted by atomic mass is 16.2. The predicted molar refractivity (Wildman–Crippen MR) is 100 cm³/mol. The molecule has 5 nitrogen and oxygen atoms in total. The number of carbonyl (C=O) groups is 1. The Morgan fingerprint density at radius 2 is 1.35 bits per heavy atom. The fourth-order valence-electron chi connectivity index (χ4n) is 2.96. The number of amides is 1. The number of hydrogen-bond acceptors (Lipinski definition) is 3. The van der Waals surface area contributed by atoms with E-state index in [0.717, 1.165) is 16.6 Å². The first-order chi connectivity index (χ1) is 12.8. The summed E-state index contributed by atoms with van der Waals surface area (Å²) in [6.45, 7) is 1.09. The third-order valence-electron chi connectivity index (χ3n) is 4.28. The first-order valence-corrected chi connectivity index (χ1v) is 8.47. The van der Waals surface area contributed by atoms with Gasteiger partial charge in [0, 0.05) is 18.7 Å². The van der Waals surface area contributed by atoms with Crippen molar-refractivity contribution >= 4 is 16.9 Å². The maximum atomic E-state index is 13.2. The number of fused-ring (bicyclic) bond motifs is 1. The van der Waals surface area contributed by atoms with Gasteiger partial charge in [0.1, 0.15) is 11.0 Å². The van der Waals surface area contributed by atoms with Crippen molar-refractivity contribution in [2.45, 2.75) is 13.1 Å². The summed E-state index contributed by atoms with van der Waals surface area (Å²) < 4.78 is 0. The van der Waals surface area contributed by atoms with Crippen LogP contribution in [0, 0.1) is 0 Å². The summed E-state index contributed by atoms with van der Waals surface area (Å²) in [6, 6.07) is 25.4. The number of nitrogens with zero attached hydrogens (tertiary/aromatic N) is 3. The van der Waals surface area contributed by atoms with Gasteiger partial charge in [-0.05, 0) is 29.3 Å². The Hall–Kier alpha value is -3.47. The van der Waals surface area contributed by atoms with E-state index in [1.807, 2.05) is 71.6 Å². The predicted octanol–water partition coefficient (Wildman–Crippen LogP) is 3.80. The van der Waals surface area contributed by atoms with Crippen molar-refractivity contribution in [3.05, 3.63) is 95.6 Å². The largest absolute Gasteiger partial charge is 0.330 e. The Balaban J connectivity index is 1.65. The summed E-state index contributed by atoms with van der Waals surface area (Å²) in [5.74, 6) is -0.0254. The Morgan fingerprint density at radius 3 is 1.96 bits per heavy atom. The molecule has 0 atom stereocenters. The lowest BCUT2D eigenvalue weighted by atomic mass is 10.1. The van der Waals surface area contributed by atoms with Crippen molar-refractivity contribution in [3.63, 3.8) is 0 Å². The van der Waals surface area contributed by atoms with E-state index in [9.17, 15) is 4.79 Å². The molecule has 0 spiro atoms. The molecule has 0 bridgehead atoms. The smallest absolute Gasteiger partial charge is 0.254 e. The topological polar surface area (TPSA) is 61.9 Å². The van der Waals surface area contributed by atoms with Crippen LogP contribution in [0.15, 0.2) is 78.9 Å². The van der Waals surface area contributed by atoms with Gasteiger partial charge in [-0.1, -0.05) is 60.7 Å². The van der Waals surface area contributed by atoms with Gasteiger partial charge in [-0.3, -0.25) is 4.79 Å². The van der Waals surface area contributed by atoms with Gasteiger partial charge in [-0.15, -0.1) is 0 Å². The third-order valence-corrected chi connectivity index (χ3v) is 4.28. The van der Waals surface area contributed by atoms with E-state index in [1.165, 1.54) is 0 Å². The van der Waals surface area contributed by atoms with Gasteiger partial charge in [0.2, 0.25) is 0 Å². The van der Waals surface area contributed by atoms with Crippen LogP contribution in [-0.2, 0) is 13.1 Å². The fourth-order valence-corrected chi connectivity index (χ4v) is 2.96. The Labute approximate surface area is 151 Å². The molecule has 4 aromatic rings. The molecule has 0 unspecified atom stereocenters. The van der Waals surface area contributed by atoms with Crippen LogP contribution in [0.1, 0.15) is 21.5 Å². The molecule has 1 amide bonds. The second kappa shape index (κ2) is 7.19. The van der Waals surface area contributed by atoms with E-state index < -0.39 is 0 Å². The van der Waals surface area contributed by atoms with Crippen LogP contribution in [-0.4, -0.2) is 26.2 Å². The van der Waals surface area contributed by atoms with Crippen molar-refractivity contribution < 1.29 is 4.79 Å². The lowest BCUT2D eigenvalue weighted by Crippen LogP contribution is -2.30. The standard InChI is InChI=1S/C21H18N4O/c26-21(18-11-12-19-20(13-18)23-24-22-19)25(14-16-7-3-1-4-8-16)15-17-9-5-2-6-10-17/h1-13H,14-15H2,(H,22,23,24). The van der Waals surface area contributed by atoms with Gasteiger partial charge in [0.05, 0.1) is 0 Å². The van der Waals surface area contributed by atoms with Crippen LogP contribution in [0.4, 0.5) is 0 Å². The van der Waals surface area contributed by atoms with Crippen LogP contribution >= 0.6 is 0 Å². The van der Waals surface area contributed by atoms with Crippen molar-refractivity contribution in [1.82, 2.24) is 20.3 Å². The van der Waals surface area contributed by atoms with E-state index in [1.54, 1.807) is 12.1 Å². The number of hydrogen-bond donors (Lipinski definition) is 1. The van der Waals surface area contributed by atoms with Crippen molar-refractivity contribution in [2.24, 2.45) is 0 Å². The van der Waals surface area contributed by atoms with Crippen LogP contribution in [0.25, 0.3) is 11.0 Å². The quantitative estimate of drug-likeness (QED) is 0.600. The number of H-pyrrole nitrogens is 1. The van der Waals surface area contributed by atoms with E-state index in [0.29, 0.717) is 24.2 Å². The van der Waals surface area contributed by atoms with E-state index in [4.69, 9.17) is 0 Å². The van der Waals surface area contributed by atoms with Crippen LogP contribution in [0.3, 0.4) is 0 Å². The summed E-state index contributed by atoms with van der Waals surface area (Å²) in [7, 11) is 0. The number of aromatic amines is 1. The minimum atomic E-state index is -0.0254. The van der Waals surface area contributed by atoms with Gasteiger partial charge in [0.25, 0.3) is 5.91 Å². The lowest BCUT2D eigenvalue weighted by Gasteiger charge is -2.23. The number of aromatic nitrogens is 3. The van der Waals surface area contributed by atoms with Crippen molar-refractivity contribution in [2.75, 3.05) is 0 Å². The average molecular weight is 342 g/mol. The molecule has 26 heavy (non-hydrogen) atoms. The number of benzene rings is 3. The molecule has 1 N–H and O–H groups in total. The summed E-state index contributed by atoms with van der Waals surface area (Å²) in [5, 5.41) is 10.7. The molecule has 1 aromatic heterocycles. The first-order valence-electron chi connectivity index (χ1n) is 8.47. The molecule has 0 radical (unpaired) electrons. The zero-order valence-corrected chi connectivity index (χ0v) is 14.2. The van der Waals surface area contributed by atoms with Crippen molar-refractivity contribution in [1.29, 1.82) is 0 Å². The minimum absolute atomic E-state index is 0.0254. The normalized spacial score (nSPS) is 10.8. The number of rotatable bonds is 5. The Kier molecular flexibility index (Phi) is 4.43. The molecule has 4 rings (SSSR count). The van der Waals surface area contributed by atoms with Crippen molar-refractivity contribution in [3.8, 4) is 0 Å². The molecule has 0 fully saturated rings. The molecule has 5 heteroatoms. The van der Waals surface area contributed by atoms with Crippen LogP contribution in [0.5, 0.6) is 0 Å². The summed E-state index contributed by atoms with van der Waals surface area (Å²) in [5.41, 5.74) is 4.24. The zero-order chi connectivity index (χ0) is 17.8. The molecular formula is C21H18N4O. The van der Waals surface area contributed by atoms with Gasteiger partial charge >= 0.3 is 0 Å². The fraction of sp³-hybridized carbons (Fsp3) is 0.0952. The summed E-state index contributed by atoms with van der Waals surface area (Å²) >= 11 is 0. The van der Waals surface area contributed by atoms with E-state index >= 15 is 0 Å². The maximum absolute atomic E-state index is 13.2. The molecule has 0 aliphatic carbocycles. The molecule has 0 saturated carbocycles. The number of nitrogens with one attached hydrogen (secondary N) is 1. The monoisotopic (exact) mass is 342 g/mol. The van der Waals surface area contributed by atoms with Crippen LogP contribution < -0.4 is 0 Å². The van der Waals surface area contributed by atoms with E-state index in [-0.39, 0.29) is 5.91 Å². The molecule has 0 aliphatic rings. The molecule has 3 aromatic carbocycles. The second-order valence-corrected chi connectivity index (χ2v) is 6.16. The SMILES string of the molecule is O=C(c1ccc2n[nH]nc2c1)N(Cc1ccccc1)Cc1ccccc1. The van der Waals surface area contributed by atoms with Crippen LogP contribution in [0.2, 0.25) is 0 Å². The molecular weight excluding hydrogens is 324 g/mol. The first kappa shape index (κ1) is 16.0. The van der Waals surface area contributed by atoms with Gasteiger partial charge in [-0.2, -0.15) is 15.4 Å². The average Bonchev–Trinajstić information content (AvgIpc) is 3.16. The Morgan fingerprint density at radius 1 is 0.769 bits per heavy atom. The highest BCUT2D eigenvalue weighted by Crippen LogP contribution is 2.17. The second-order valence-electron chi connectivity index (χ2n) is 6.16. The highest BCUT2D eigenvalue weighted by Gasteiger charge is 2.17. The highest BCUT2D eigenvalue weighted by molar-refractivity contribution is 5.97. The molecule has 1 heterocycles. The Bertz CT molecular complexity index is 970. The minimum Gasteiger partial charge on any atom is -0.330 e. The van der Waals surface area contributed by atoms with E-state index in [2.05, 4.69) is 15.4 Å². The van der Waals surface area contributed by atoms with Gasteiger partial charge in [-0.25, -0.2) is 0 Å². The molecule has 0 aliphatic heterocycles. The third kappa shape index (κ3) is 3.47. The maximum Gasteiger partial charge on any atom is 0.254 e. The van der Waals surface area contributed by atoms with Gasteiger partial charge in [0.15, 0.2) is 0 Å².